The molecule has 13 heavy (non-hydrogen) atoms. The maximum atomic E-state index is 12.8. The van der Waals surface area contributed by atoms with Gasteiger partial charge in [0.15, 0.2) is 0 Å². The van der Waals surface area contributed by atoms with E-state index >= 15 is 0 Å². The summed E-state index contributed by atoms with van der Waals surface area (Å²) < 4.78 is 47.5. The Balaban J connectivity index is 2.60. The molecule has 0 spiro atoms. The van der Waals surface area contributed by atoms with Gasteiger partial charge in [0.25, 0.3) is 5.92 Å². The van der Waals surface area contributed by atoms with Crippen LogP contribution in [0.15, 0.2) is 0 Å². The highest BCUT2D eigenvalue weighted by molar-refractivity contribution is 7.91. The third kappa shape index (κ3) is 2.60. The van der Waals surface area contributed by atoms with Gasteiger partial charge < -0.3 is 5.11 Å². The lowest BCUT2D eigenvalue weighted by molar-refractivity contribution is -0.0999. The van der Waals surface area contributed by atoms with Crippen LogP contribution in [-0.2, 0) is 9.84 Å². The molecular weight excluding hydrogens is 202 g/mol. The summed E-state index contributed by atoms with van der Waals surface area (Å²) in [5.41, 5.74) is 0. The summed E-state index contributed by atoms with van der Waals surface area (Å²) in [4.78, 5) is 0. The predicted molar refractivity (Wildman–Crippen MR) is 43.4 cm³/mol. The molecule has 0 atom stereocenters. The van der Waals surface area contributed by atoms with E-state index in [-0.39, 0.29) is 24.3 Å². The van der Waals surface area contributed by atoms with Crippen molar-refractivity contribution >= 4 is 9.84 Å². The molecule has 0 aliphatic carbocycles. The molecular formula is C7H12F2O3S. The molecule has 1 N–H and O–H groups in total. The minimum absolute atomic E-state index is 0.0457. The number of hydrogen-bond donors (Lipinski definition) is 1. The Morgan fingerprint density at radius 2 is 1.77 bits per heavy atom. The van der Waals surface area contributed by atoms with Crippen molar-refractivity contribution in [2.24, 2.45) is 5.92 Å². The zero-order chi connectivity index (χ0) is 10.1. The predicted octanol–water partition coefficient (Wildman–Crippen LogP) is 0.439. The van der Waals surface area contributed by atoms with Gasteiger partial charge in [-0.05, 0) is 12.8 Å². The van der Waals surface area contributed by atoms with Gasteiger partial charge in [0.1, 0.15) is 16.4 Å². The number of sulfone groups is 1. The van der Waals surface area contributed by atoms with Gasteiger partial charge in [0.05, 0.1) is 11.5 Å². The molecule has 0 saturated carbocycles. The maximum Gasteiger partial charge on any atom is 0.273 e. The van der Waals surface area contributed by atoms with Crippen molar-refractivity contribution < 1.29 is 22.3 Å². The number of rotatable bonds is 2. The topological polar surface area (TPSA) is 54.4 Å². The van der Waals surface area contributed by atoms with Gasteiger partial charge in [0.2, 0.25) is 0 Å². The van der Waals surface area contributed by atoms with Crippen LogP contribution in [0.3, 0.4) is 0 Å². The van der Waals surface area contributed by atoms with Crippen molar-refractivity contribution in [3.8, 4) is 0 Å². The summed E-state index contributed by atoms with van der Waals surface area (Å²) in [6.07, 6.45) is -0.0915. The molecule has 0 radical (unpaired) electrons. The average molecular weight is 214 g/mol. The van der Waals surface area contributed by atoms with Gasteiger partial charge in [-0.2, -0.15) is 0 Å². The monoisotopic (exact) mass is 214 g/mol. The van der Waals surface area contributed by atoms with Gasteiger partial charge in [-0.15, -0.1) is 0 Å². The summed E-state index contributed by atoms with van der Waals surface area (Å²) in [7, 11) is -3.10. The Morgan fingerprint density at radius 3 is 2.15 bits per heavy atom. The summed E-state index contributed by atoms with van der Waals surface area (Å²) >= 11 is 0. The van der Waals surface area contributed by atoms with E-state index < -0.39 is 28.3 Å². The van der Waals surface area contributed by atoms with Crippen LogP contribution in [0, 0.1) is 5.92 Å². The van der Waals surface area contributed by atoms with Crippen molar-refractivity contribution in [2.45, 2.75) is 18.8 Å². The quantitative estimate of drug-likeness (QED) is 0.725. The first-order valence-electron chi connectivity index (χ1n) is 4.06. The van der Waals surface area contributed by atoms with Crippen molar-refractivity contribution in [2.75, 3.05) is 18.1 Å². The zero-order valence-electron chi connectivity index (χ0n) is 7.04. The Morgan fingerprint density at radius 1 is 1.31 bits per heavy atom. The Kier molecular flexibility index (Phi) is 2.91. The normalized spacial score (nSPS) is 24.5. The lowest BCUT2D eigenvalue weighted by atomic mass is 9.96. The SMILES string of the molecule is O=S1(=O)CCC(C(F)(F)CO)CC1. The van der Waals surface area contributed by atoms with E-state index in [1.54, 1.807) is 0 Å². The maximum absolute atomic E-state index is 12.8. The van der Waals surface area contributed by atoms with Crippen LogP contribution in [0.1, 0.15) is 12.8 Å². The highest BCUT2D eigenvalue weighted by Gasteiger charge is 2.41. The molecule has 1 fully saturated rings. The Bertz CT molecular complexity index is 259. The van der Waals surface area contributed by atoms with E-state index in [9.17, 15) is 17.2 Å². The minimum Gasteiger partial charge on any atom is -0.390 e. The first-order chi connectivity index (χ1) is 5.87. The summed E-state index contributed by atoms with van der Waals surface area (Å²) in [5.74, 6) is -4.49. The number of aliphatic hydroxyl groups is 1. The molecule has 78 valence electrons. The van der Waals surface area contributed by atoms with Crippen LogP contribution in [-0.4, -0.2) is 37.6 Å². The smallest absolute Gasteiger partial charge is 0.273 e. The fourth-order valence-corrected chi connectivity index (χ4v) is 2.93. The number of aliphatic hydroxyl groups excluding tert-OH is 1. The molecule has 0 unspecified atom stereocenters. The lowest BCUT2D eigenvalue weighted by Crippen LogP contribution is -2.38. The van der Waals surface area contributed by atoms with Gasteiger partial charge in [-0.1, -0.05) is 0 Å². The molecule has 1 saturated heterocycles. The third-order valence-corrected chi connectivity index (χ3v) is 4.08. The third-order valence-electron chi connectivity index (χ3n) is 2.36. The second-order valence-corrected chi connectivity index (χ2v) is 5.65. The van der Waals surface area contributed by atoms with Crippen molar-refractivity contribution in [3.05, 3.63) is 0 Å². The summed E-state index contributed by atoms with van der Waals surface area (Å²) in [6, 6.07) is 0. The van der Waals surface area contributed by atoms with E-state index in [1.807, 2.05) is 0 Å². The number of alkyl halides is 2. The molecule has 1 aliphatic heterocycles. The van der Waals surface area contributed by atoms with E-state index in [2.05, 4.69) is 0 Å². The van der Waals surface area contributed by atoms with Crippen LogP contribution in [0.25, 0.3) is 0 Å². The fraction of sp³-hybridized carbons (Fsp3) is 1.00. The molecule has 0 aromatic carbocycles. The molecule has 3 nitrogen and oxygen atoms in total. The van der Waals surface area contributed by atoms with Crippen LogP contribution in [0.4, 0.5) is 8.78 Å². The van der Waals surface area contributed by atoms with Gasteiger partial charge >= 0.3 is 0 Å². The van der Waals surface area contributed by atoms with E-state index in [0.29, 0.717) is 0 Å². The van der Waals surface area contributed by atoms with Crippen molar-refractivity contribution in [1.82, 2.24) is 0 Å². The first kappa shape index (κ1) is 10.8. The molecule has 0 bridgehead atoms. The summed E-state index contributed by atoms with van der Waals surface area (Å²) in [6.45, 7) is -1.20. The van der Waals surface area contributed by atoms with Gasteiger partial charge in [-0.25, -0.2) is 17.2 Å². The van der Waals surface area contributed by atoms with Crippen LogP contribution >= 0.6 is 0 Å². The van der Waals surface area contributed by atoms with Crippen molar-refractivity contribution in [3.63, 3.8) is 0 Å². The standard InChI is InChI=1S/C7H12F2O3S/c8-7(9,5-10)6-1-3-13(11,12)4-2-6/h6,10H,1-5H2. The van der Waals surface area contributed by atoms with Crippen LogP contribution in [0.2, 0.25) is 0 Å². The largest absolute Gasteiger partial charge is 0.390 e. The molecule has 0 amide bonds. The first-order valence-corrected chi connectivity index (χ1v) is 5.88. The lowest BCUT2D eigenvalue weighted by Gasteiger charge is -2.28. The molecule has 1 heterocycles. The van der Waals surface area contributed by atoms with E-state index in [1.165, 1.54) is 0 Å². The van der Waals surface area contributed by atoms with Gasteiger partial charge in [0, 0.05) is 5.92 Å². The summed E-state index contributed by atoms with van der Waals surface area (Å²) in [5, 5.41) is 8.38. The molecule has 6 heteroatoms. The van der Waals surface area contributed by atoms with E-state index in [0.717, 1.165) is 0 Å². The molecule has 1 rings (SSSR count). The molecule has 1 aliphatic rings. The number of hydrogen-bond acceptors (Lipinski definition) is 3. The zero-order valence-corrected chi connectivity index (χ0v) is 7.86. The average Bonchev–Trinajstić information content (AvgIpc) is 2.04. The Hall–Kier alpha value is -0.230. The molecule has 0 aromatic rings. The fourth-order valence-electron chi connectivity index (χ4n) is 1.44. The second-order valence-electron chi connectivity index (χ2n) is 3.35. The van der Waals surface area contributed by atoms with Crippen LogP contribution < -0.4 is 0 Å². The Labute approximate surface area is 75.7 Å². The van der Waals surface area contributed by atoms with E-state index in [4.69, 9.17) is 5.11 Å². The second kappa shape index (κ2) is 3.49. The van der Waals surface area contributed by atoms with Crippen molar-refractivity contribution in [1.29, 1.82) is 0 Å². The number of halogens is 2. The van der Waals surface area contributed by atoms with Gasteiger partial charge in [-0.3, -0.25) is 0 Å². The highest BCUT2D eigenvalue weighted by Crippen LogP contribution is 2.33. The van der Waals surface area contributed by atoms with Crippen LogP contribution in [0.5, 0.6) is 0 Å². The minimum atomic E-state index is -3.13. The highest BCUT2D eigenvalue weighted by atomic mass is 32.2. The molecule has 0 aromatic heterocycles.